The maximum Gasteiger partial charge on any atom is 0.230 e. The number of amides is 1. The van der Waals surface area contributed by atoms with Gasteiger partial charge >= 0.3 is 0 Å². The van der Waals surface area contributed by atoms with Gasteiger partial charge in [0.05, 0.1) is 19.2 Å². The second-order valence-electron chi connectivity index (χ2n) is 5.43. The van der Waals surface area contributed by atoms with Crippen molar-refractivity contribution in [3.63, 3.8) is 0 Å². The highest BCUT2D eigenvalue weighted by atomic mass is 32.1. The fraction of sp³-hybridized carbons (Fsp3) is 0.158. The summed E-state index contributed by atoms with van der Waals surface area (Å²) in [5.74, 6) is 0.790. The first-order chi connectivity index (χ1) is 11.7. The van der Waals surface area contributed by atoms with Gasteiger partial charge in [-0.2, -0.15) is 0 Å². The normalized spacial score (nSPS) is 10.4. The smallest absolute Gasteiger partial charge is 0.230 e. The van der Waals surface area contributed by atoms with Crippen LogP contribution in [0.15, 0.2) is 53.9 Å². The topological polar surface area (TPSA) is 51.2 Å². The van der Waals surface area contributed by atoms with Crippen molar-refractivity contribution >= 4 is 22.4 Å². The predicted molar refractivity (Wildman–Crippen MR) is 97.6 cm³/mol. The van der Waals surface area contributed by atoms with Crippen LogP contribution in [0.2, 0.25) is 0 Å². The fourth-order valence-electron chi connectivity index (χ4n) is 2.45. The molecule has 1 aromatic heterocycles. The van der Waals surface area contributed by atoms with Crippen LogP contribution < -0.4 is 10.1 Å². The first-order valence-corrected chi connectivity index (χ1v) is 8.48. The van der Waals surface area contributed by atoms with E-state index in [-0.39, 0.29) is 5.91 Å². The number of carbonyl (C=O) groups is 1. The Hall–Kier alpha value is -2.66. The summed E-state index contributed by atoms with van der Waals surface area (Å²) in [7, 11) is 1.66. The quantitative estimate of drug-likeness (QED) is 0.754. The van der Waals surface area contributed by atoms with Crippen LogP contribution in [0.5, 0.6) is 5.75 Å². The SMILES string of the molecule is COc1ccc(-c2csc(NC(=O)Cc3ccccc3)n2)cc1C. The lowest BCUT2D eigenvalue weighted by atomic mass is 10.1. The number of nitrogens with one attached hydrogen (secondary N) is 1. The van der Waals surface area contributed by atoms with Gasteiger partial charge in [0.25, 0.3) is 0 Å². The zero-order valence-corrected chi connectivity index (χ0v) is 14.4. The first-order valence-electron chi connectivity index (χ1n) is 7.60. The molecule has 122 valence electrons. The molecule has 3 rings (SSSR count). The summed E-state index contributed by atoms with van der Waals surface area (Å²) in [6.45, 7) is 2.00. The zero-order chi connectivity index (χ0) is 16.9. The van der Waals surface area contributed by atoms with E-state index >= 15 is 0 Å². The van der Waals surface area contributed by atoms with Gasteiger partial charge in [-0.25, -0.2) is 4.98 Å². The summed E-state index contributed by atoms with van der Waals surface area (Å²) in [6.07, 6.45) is 0.345. The highest BCUT2D eigenvalue weighted by Gasteiger charge is 2.10. The Bertz CT molecular complexity index is 844. The van der Waals surface area contributed by atoms with Crippen molar-refractivity contribution in [1.29, 1.82) is 0 Å². The number of rotatable bonds is 5. The molecule has 0 fully saturated rings. The molecule has 0 unspecified atom stereocenters. The van der Waals surface area contributed by atoms with Gasteiger partial charge in [0.15, 0.2) is 5.13 Å². The molecule has 1 N–H and O–H groups in total. The number of carbonyl (C=O) groups excluding carboxylic acids is 1. The lowest BCUT2D eigenvalue weighted by Crippen LogP contribution is -2.14. The monoisotopic (exact) mass is 338 g/mol. The van der Waals surface area contributed by atoms with Gasteiger partial charge in [-0.1, -0.05) is 30.3 Å². The van der Waals surface area contributed by atoms with Crippen LogP contribution in [0, 0.1) is 6.92 Å². The lowest BCUT2D eigenvalue weighted by Gasteiger charge is -2.05. The van der Waals surface area contributed by atoms with Gasteiger partial charge in [0.2, 0.25) is 5.91 Å². The van der Waals surface area contributed by atoms with E-state index in [4.69, 9.17) is 4.74 Å². The molecule has 2 aromatic carbocycles. The maximum absolute atomic E-state index is 12.1. The number of thiazole rings is 1. The molecule has 1 heterocycles. The number of benzene rings is 2. The van der Waals surface area contributed by atoms with Crippen molar-refractivity contribution in [2.24, 2.45) is 0 Å². The number of hydrogen-bond donors (Lipinski definition) is 1. The molecule has 1 amide bonds. The first kappa shape index (κ1) is 16.2. The van der Waals surface area contributed by atoms with E-state index in [1.807, 2.05) is 60.8 Å². The summed E-state index contributed by atoms with van der Waals surface area (Å²) in [4.78, 5) is 16.6. The fourth-order valence-corrected chi connectivity index (χ4v) is 3.18. The van der Waals surface area contributed by atoms with Gasteiger partial charge < -0.3 is 10.1 Å². The van der Waals surface area contributed by atoms with E-state index in [1.165, 1.54) is 11.3 Å². The summed E-state index contributed by atoms with van der Waals surface area (Å²) in [5.41, 5.74) is 3.89. The van der Waals surface area contributed by atoms with Crippen molar-refractivity contribution in [3.8, 4) is 17.0 Å². The number of hydrogen-bond acceptors (Lipinski definition) is 4. The molecular weight excluding hydrogens is 320 g/mol. The molecule has 0 aliphatic carbocycles. The number of methoxy groups -OCH3 is 1. The van der Waals surface area contributed by atoms with E-state index < -0.39 is 0 Å². The second-order valence-corrected chi connectivity index (χ2v) is 6.29. The van der Waals surface area contributed by atoms with Crippen molar-refractivity contribution < 1.29 is 9.53 Å². The molecule has 0 bridgehead atoms. The van der Waals surface area contributed by atoms with Crippen molar-refractivity contribution in [2.45, 2.75) is 13.3 Å². The second kappa shape index (κ2) is 7.27. The van der Waals surface area contributed by atoms with Gasteiger partial charge in [-0.05, 0) is 36.2 Å². The number of ether oxygens (including phenoxy) is 1. The molecule has 0 saturated heterocycles. The molecule has 0 spiro atoms. The zero-order valence-electron chi connectivity index (χ0n) is 13.6. The number of anilines is 1. The molecule has 0 aliphatic rings. The van der Waals surface area contributed by atoms with Crippen LogP contribution in [-0.2, 0) is 11.2 Å². The predicted octanol–water partition coefficient (Wildman–Crippen LogP) is 4.31. The van der Waals surface area contributed by atoms with Gasteiger partial charge in [0, 0.05) is 10.9 Å². The van der Waals surface area contributed by atoms with Crippen LogP contribution in [-0.4, -0.2) is 18.0 Å². The van der Waals surface area contributed by atoms with E-state index in [2.05, 4.69) is 10.3 Å². The lowest BCUT2D eigenvalue weighted by molar-refractivity contribution is -0.115. The van der Waals surface area contributed by atoms with E-state index in [0.29, 0.717) is 11.6 Å². The minimum absolute atomic E-state index is 0.0620. The Labute approximate surface area is 145 Å². The Kier molecular flexibility index (Phi) is 4.91. The van der Waals surface area contributed by atoms with Crippen molar-refractivity contribution in [1.82, 2.24) is 4.98 Å². The third kappa shape index (κ3) is 3.81. The minimum atomic E-state index is -0.0620. The summed E-state index contributed by atoms with van der Waals surface area (Å²) in [6, 6.07) is 15.6. The Balaban J connectivity index is 1.69. The van der Waals surface area contributed by atoms with E-state index in [1.54, 1.807) is 7.11 Å². The van der Waals surface area contributed by atoms with Crippen molar-refractivity contribution in [3.05, 3.63) is 65.0 Å². The van der Waals surface area contributed by atoms with Crippen LogP contribution in [0.3, 0.4) is 0 Å². The third-order valence-corrected chi connectivity index (χ3v) is 4.41. The van der Waals surface area contributed by atoms with Crippen LogP contribution in [0.4, 0.5) is 5.13 Å². The molecule has 0 atom stereocenters. The standard InChI is InChI=1S/C19H18N2O2S/c1-13-10-15(8-9-17(13)23-2)16-12-24-19(20-16)21-18(22)11-14-6-4-3-5-7-14/h3-10,12H,11H2,1-2H3,(H,20,21,22). The molecule has 3 aromatic rings. The Morgan fingerprint density at radius 3 is 2.71 bits per heavy atom. The number of aryl methyl sites for hydroxylation is 1. The minimum Gasteiger partial charge on any atom is -0.496 e. The number of nitrogens with zero attached hydrogens (tertiary/aromatic N) is 1. The van der Waals surface area contributed by atoms with Gasteiger partial charge in [-0.15, -0.1) is 11.3 Å². The number of aromatic nitrogens is 1. The van der Waals surface area contributed by atoms with Gasteiger partial charge in [-0.3, -0.25) is 4.79 Å². The Morgan fingerprint density at radius 1 is 1.21 bits per heavy atom. The molecule has 0 saturated carbocycles. The summed E-state index contributed by atoms with van der Waals surface area (Å²) < 4.78 is 5.28. The largest absolute Gasteiger partial charge is 0.496 e. The van der Waals surface area contributed by atoms with Crippen LogP contribution in [0.25, 0.3) is 11.3 Å². The molecule has 24 heavy (non-hydrogen) atoms. The summed E-state index contributed by atoms with van der Waals surface area (Å²) >= 11 is 1.42. The third-order valence-electron chi connectivity index (χ3n) is 3.65. The van der Waals surface area contributed by atoms with Crippen LogP contribution in [0.1, 0.15) is 11.1 Å². The summed E-state index contributed by atoms with van der Waals surface area (Å²) in [5, 5.41) is 5.42. The average molecular weight is 338 g/mol. The molecule has 0 aliphatic heterocycles. The molecule has 0 radical (unpaired) electrons. The van der Waals surface area contributed by atoms with Gasteiger partial charge in [0.1, 0.15) is 5.75 Å². The average Bonchev–Trinajstić information content (AvgIpc) is 3.04. The molecule has 5 heteroatoms. The van der Waals surface area contributed by atoms with Crippen molar-refractivity contribution in [2.75, 3.05) is 12.4 Å². The Morgan fingerprint density at radius 2 is 2.00 bits per heavy atom. The maximum atomic E-state index is 12.1. The van der Waals surface area contributed by atoms with Crippen LogP contribution >= 0.6 is 11.3 Å². The highest BCUT2D eigenvalue weighted by molar-refractivity contribution is 7.14. The van der Waals surface area contributed by atoms with E-state index in [9.17, 15) is 4.79 Å². The highest BCUT2D eigenvalue weighted by Crippen LogP contribution is 2.28. The molecule has 4 nitrogen and oxygen atoms in total. The molecular formula is C19H18N2O2S. The van der Waals surface area contributed by atoms with E-state index in [0.717, 1.165) is 28.1 Å².